The molecule has 4 nitrogen and oxygen atoms in total. The second-order valence-corrected chi connectivity index (χ2v) is 7.13. The number of benzene rings is 1. The SMILES string of the molecule is CC1=CCCN(S(=O)(=O)c2ccc(N)cc2Br)C1. The van der Waals surface area contributed by atoms with Gasteiger partial charge in [-0.3, -0.25) is 0 Å². The molecule has 0 amide bonds. The fourth-order valence-corrected chi connectivity index (χ4v) is 4.50. The van der Waals surface area contributed by atoms with Gasteiger partial charge in [0.25, 0.3) is 0 Å². The molecule has 1 aromatic carbocycles. The van der Waals surface area contributed by atoms with Gasteiger partial charge in [0.05, 0.1) is 4.90 Å². The van der Waals surface area contributed by atoms with E-state index in [1.807, 2.05) is 6.92 Å². The third kappa shape index (κ3) is 2.60. The molecule has 1 heterocycles. The van der Waals surface area contributed by atoms with Crippen molar-refractivity contribution in [1.29, 1.82) is 0 Å². The first kappa shape index (κ1) is 13.6. The lowest BCUT2D eigenvalue weighted by atomic mass is 10.2. The van der Waals surface area contributed by atoms with Crippen LogP contribution in [0.1, 0.15) is 13.3 Å². The minimum absolute atomic E-state index is 0.270. The van der Waals surface area contributed by atoms with Gasteiger partial charge in [-0.15, -0.1) is 0 Å². The third-order valence-electron chi connectivity index (χ3n) is 2.87. The highest BCUT2D eigenvalue weighted by molar-refractivity contribution is 9.10. The van der Waals surface area contributed by atoms with Gasteiger partial charge in [0.2, 0.25) is 10.0 Å². The van der Waals surface area contributed by atoms with Crippen LogP contribution in [0.3, 0.4) is 0 Å². The summed E-state index contributed by atoms with van der Waals surface area (Å²) in [6.07, 6.45) is 2.84. The normalized spacial score (nSPS) is 17.6. The lowest BCUT2D eigenvalue weighted by Gasteiger charge is -2.25. The number of hydrogen-bond donors (Lipinski definition) is 1. The minimum atomic E-state index is -3.45. The molecule has 0 aromatic heterocycles. The van der Waals surface area contributed by atoms with Gasteiger partial charge in [-0.2, -0.15) is 4.31 Å². The molecule has 0 spiro atoms. The Morgan fingerprint density at radius 2 is 2.11 bits per heavy atom. The molecule has 0 radical (unpaired) electrons. The van der Waals surface area contributed by atoms with Crippen LogP contribution < -0.4 is 5.73 Å². The Morgan fingerprint density at radius 1 is 1.39 bits per heavy atom. The molecule has 18 heavy (non-hydrogen) atoms. The van der Waals surface area contributed by atoms with Crippen LogP contribution in [0.5, 0.6) is 0 Å². The molecule has 1 aliphatic heterocycles. The number of nitrogens with two attached hydrogens (primary N) is 1. The molecule has 0 atom stereocenters. The van der Waals surface area contributed by atoms with Gasteiger partial charge >= 0.3 is 0 Å². The Kier molecular flexibility index (Phi) is 3.79. The maximum atomic E-state index is 12.5. The first-order chi connectivity index (χ1) is 8.41. The first-order valence-electron chi connectivity index (χ1n) is 5.62. The van der Waals surface area contributed by atoms with Crippen molar-refractivity contribution in [1.82, 2.24) is 4.31 Å². The van der Waals surface area contributed by atoms with E-state index in [4.69, 9.17) is 5.73 Å². The topological polar surface area (TPSA) is 63.4 Å². The fourth-order valence-electron chi connectivity index (χ4n) is 1.95. The lowest BCUT2D eigenvalue weighted by Crippen LogP contribution is -2.35. The van der Waals surface area contributed by atoms with Crippen LogP contribution in [-0.4, -0.2) is 25.8 Å². The minimum Gasteiger partial charge on any atom is -0.399 e. The van der Waals surface area contributed by atoms with Crippen molar-refractivity contribution in [3.8, 4) is 0 Å². The van der Waals surface area contributed by atoms with Crippen LogP contribution in [0.15, 0.2) is 39.2 Å². The second kappa shape index (κ2) is 5.03. The molecule has 2 rings (SSSR count). The smallest absolute Gasteiger partial charge is 0.244 e. The van der Waals surface area contributed by atoms with Crippen LogP contribution in [0.2, 0.25) is 0 Å². The molecule has 0 aliphatic carbocycles. The van der Waals surface area contributed by atoms with E-state index in [-0.39, 0.29) is 4.90 Å². The van der Waals surface area contributed by atoms with Crippen molar-refractivity contribution >= 4 is 31.6 Å². The van der Waals surface area contributed by atoms with Crippen molar-refractivity contribution in [3.05, 3.63) is 34.3 Å². The highest BCUT2D eigenvalue weighted by Crippen LogP contribution is 2.28. The number of nitrogen functional groups attached to an aromatic ring is 1. The highest BCUT2D eigenvalue weighted by atomic mass is 79.9. The number of anilines is 1. The van der Waals surface area contributed by atoms with Crippen LogP contribution in [0, 0.1) is 0 Å². The third-order valence-corrected chi connectivity index (χ3v) is 5.69. The Labute approximate surface area is 116 Å². The summed E-state index contributed by atoms with van der Waals surface area (Å²) >= 11 is 3.26. The van der Waals surface area contributed by atoms with E-state index < -0.39 is 10.0 Å². The molecular formula is C12H15BrN2O2S. The summed E-state index contributed by atoms with van der Waals surface area (Å²) in [5, 5.41) is 0. The molecule has 0 bridgehead atoms. The molecule has 2 N–H and O–H groups in total. The van der Waals surface area contributed by atoms with Crippen LogP contribution in [-0.2, 0) is 10.0 Å². The molecule has 0 saturated heterocycles. The summed E-state index contributed by atoms with van der Waals surface area (Å²) in [7, 11) is -3.45. The largest absolute Gasteiger partial charge is 0.399 e. The molecular weight excluding hydrogens is 316 g/mol. The van der Waals surface area contributed by atoms with Crippen LogP contribution >= 0.6 is 15.9 Å². The number of rotatable bonds is 2. The van der Waals surface area contributed by atoms with Crippen LogP contribution in [0.25, 0.3) is 0 Å². The van der Waals surface area contributed by atoms with E-state index in [1.165, 1.54) is 4.31 Å². The summed E-state index contributed by atoms with van der Waals surface area (Å²) < 4.78 is 27.0. The summed E-state index contributed by atoms with van der Waals surface area (Å²) in [6, 6.07) is 4.76. The standard InChI is InChI=1S/C12H15BrN2O2S/c1-9-3-2-6-15(8-9)18(16,17)12-5-4-10(14)7-11(12)13/h3-5,7H,2,6,8,14H2,1H3. The van der Waals surface area contributed by atoms with Gasteiger partial charge in [0, 0.05) is 23.2 Å². The predicted molar refractivity (Wildman–Crippen MR) is 75.7 cm³/mol. The first-order valence-corrected chi connectivity index (χ1v) is 7.85. The van der Waals surface area contributed by atoms with Crippen molar-refractivity contribution < 1.29 is 8.42 Å². The summed E-state index contributed by atoms with van der Waals surface area (Å²) in [6.45, 7) is 2.93. The molecule has 1 aromatic rings. The van der Waals surface area contributed by atoms with E-state index in [2.05, 4.69) is 22.0 Å². The zero-order chi connectivity index (χ0) is 13.3. The van der Waals surface area contributed by atoms with E-state index in [0.717, 1.165) is 12.0 Å². The van der Waals surface area contributed by atoms with Gasteiger partial charge < -0.3 is 5.73 Å². The van der Waals surface area contributed by atoms with Gasteiger partial charge in [0.1, 0.15) is 0 Å². The van der Waals surface area contributed by atoms with Crippen molar-refractivity contribution in [2.75, 3.05) is 18.8 Å². The maximum Gasteiger partial charge on any atom is 0.244 e. The molecule has 0 unspecified atom stereocenters. The number of hydrogen-bond acceptors (Lipinski definition) is 3. The number of sulfonamides is 1. The van der Waals surface area contributed by atoms with E-state index in [9.17, 15) is 8.42 Å². The van der Waals surface area contributed by atoms with Gasteiger partial charge in [-0.1, -0.05) is 11.6 Å². The van der Waals surface area contributed by atoms with Crippen molar-refractivity contribution in [2.45, 2.75) is 18.2 Å². The van der Waals surface area contributed by atoms with Crippen LogP contribution in [0.4, 0.5) is 5.69 Å². The second-order valence-electron chi connectivity index (χ2n) is 4.37. The summed E-state index contributed by atoms with van der Waals surface area (Å²) in [5.41, 5.74) is 7.24. The van der Waals surface area contributed by atoms with E-state index >= 15 is 0 Å². The predicted octanol–water partition coefficient (Wildman–Crippen LogP) is 2.37. The quantitative estimate of drug-likeness (QED) is 0.668. The molecule has 0 saturated carbocycles. The fraction of sp³-hybridized carbons (Fsp3) is 0.333. The molecule has 98 valence electrons. The van der Waals surface area contributed by atoms with Gasteiger partial charge in [-0.05, 0) is 47.5 Å². The van der Waals surface area contributed by atoms with Crippen molar-refractivity contribution in [2.24, 2.45) is 0 Å². The Bertz CT molecular complexity index is 596. The zero-order valence-corrected chi connectivity index (χ0v) is 12.5. The number of nitrogens with zero attached hydrogens (tertiary/aromatic N) is 1. The molecule has 1 aliphatic rings. The Balaban J connectivity index is 2.39. The Hall–Kier alpha value is -0.850. The number of halogens is 1. The average Bonchev–Trinajstić information content (AvgIpc) is 2.28. The average molecular weight is 331 g/mol. The van der Waals surface area contributed by atoms with Gasteiger partial charge in [0.15, 0.2) is 0 Å². The van der Waals surface area contributed by atoms with Crippen molar-refractivity contribution in [3.63, 3.8) is 0 Å². The maximum absolute atomic E-state index is 12.5. The lowest BCUT2D eigenvalue weighted by molar-refractivity contribution is 0.427. The van der Waals surface area contributed by atoms with Gasteiger partial charge in [-0.25, -0.2) is 8.42 Å². The summed E-state index contributed by atoms with van der Waals surface area (Å²) in [5.74, 6) is 0. The van der Waals surface area contributed by atoms with E-state index in [0.29, 0.717) is 23.2 Å². The highest BCUT2D eigenvalue weighted by Gasteiger charge is 2.27. The monoisotopic (exact) mass is 330 g/mol. The Morgan fingerprint density at radius 3 is 2.72 bits per heavy atom. The molecule has 6 heteroatoms. The van der Waals surface area contributed by atoms with E-state index in [1.54, 1.807) is 18.2 Å². The zero-order valence-electron chi connectivity index (χ0n) is 10.1. The summed E-state index contributed by atoms with van der Waals surface area (Å²) in [4.78, 5) is 0.270. The molecule has 0 fully saturated rings.